The molecule has 8 nitrogen and oxygen atoms in total. The minimum absolute atomic E-state index is 0.00552. The van der Waals surface area contributed by atoms with Crippen LogP contribution in [0.15, 0.2) is 42.6 Å². The molecule has 5 rings (SSSR count). The summed E-state index contributed by atoms with van der Waals surface area (Å²) in [5.74, 6) is 0.999. The Labute approximate surface area is 218 Å². The quantitative estimate of drug-likeness (QED) is 0.423. The Balaban J connectivity index is 1.39. The lowest BCUT2D eigenvalue weighted by molar-refractivity contribution is -0.0366. The third kappa shape index (κ3) is 5.54. The predicted molar refractivity (Wildman–Crippen MR) is 142 cm³/mol. The zero-order valence-electron chi connectivity index (χ0n) is 22.1. The normalized spacial score (nSPS) is 21.9. The van der Waals surface area contributed by atoms with E-state index in [1.807, 2.05) is 56.8 Å². The molecule has 2 fully saturated rings. The van der Waals surface area contributed by atoms with E-state index in [0.717, 1.165) is 66.5 Å². The van der Waals surface area contributed by atoms with E-state index in [9.17, 15) is 9.90 Å². The molecule has 8 heteroatoms. The van der Waals surface area contributed by atoms with E-state index in [2.05, 4.69) is 6.07 Å². The first-order valence-electron chi connectivity index (χ1n) is 13.3. The summed E-state index contributed by atoms with van der Waals surface area (Å²) in [5.41, 5.74) is 2.41. The number of amides is 1. The smallest absolute Gasteiger partial charge is 0.410 e. The largest absolute Gasteiger partial charge is 0.508 e. The van der Waals surface area contributed by atoms with Crippen LogP contribution in [0, 0.1) is 0 Å². The lowest BCUT2D eigenvalue weighted by Crippen LogP contribution is -2.52. The lowest BCUT2D eigenvalue weighted by atomic mass is 9.88. The fraction of sp³-hybridized carbons (Fsp3) is 0.517. The van der Waals surface area contributed by atoms with Gasteiger partial charge in [-0.2, -0.15) is 5.10 Å². The van der Waals surface area contributed by atoms with Crippen LogP contribution in [0.2, 0.25) is 0 Å². The van der Waals surface area contributed by atoms with Crippen molar-refractivity contribution in [2.45, 2.75) is 83.8 Å². The van der Waals surface area contributed by atoms with Gasteiger partial charge in [-0.1, -0.05) is 12.1 Å². The van der Waals surface area contributed by atoms with Crippen LogP contribution < -0.4 is 4.74 Å². The van der Waals surface area contributed by atoms with Gasteiger partial charge in [0.05, 0.1) is 17.1 Å². The van der Waals surface area contributed by atoms with Gasteiger partial charge in [0.25, 0.3) is 0 Å². The molecule has 198 valence electrons. The first-order valence-corrected chi connectivity index (χ1v) is 13.3. The SMILES string of the molecule is CCN(C(=O)OC(C)(C)C)C1CC(Oc2cc(-c3ccc(O)cc3)cc3c2cnn3C2CCCCO2)C1. The molecule has 1 N–H and O–H groups in total. The molecule has 2 heterocycles. The summed E-state index contributed by atoms with van der Waals surface area (Å²) in [4.78, 5) is 14.5. The van der Waals surface area contributed by atoms with Gasteiger partial charge in [0.1, 0.15) is 23.2 Å². The van der Waals surface area contributed by atoms with E-state index >= 15 is 0 Å². The molecule has 3 aromatic rings. The second-order valence-corrected chi connectivity index (χ2v) is 11.0. The Morgan fingerprint density at radius 2 is 1.92 bits per heavy atom. The molecule has 0 spiro atoms. The van der Waals surface area contributed by atoms with Gasteiger partial charge in [0, 0.05) is 32.0 Å². The number of hydrogen-bond donors (Lipinski definition) is 1. The summed E-state index contributed by atoms with van der Waals surface area (Å²) < 4.78 is 20.1. The van der Waals surface area contributed by atoms with Crippen molar-refractivity contribution in [3.8, 4) is 22.6 Å². The van der Waals surface area contributed by atoms with Gasteiger partial charge in [0.2, 0.25) is 0 Å². The van der Waals surface area contributed by atoms with E-state index < -0.39 is 5.60 Å². The molecule has 1 atom stereocenters. The van der Waals surface area contributed by atoms with Gasteiger partial charge < -0.3 is 24.2 Å². The summed E-state index contributed by atoms with van der Waals surface area (Å²) in [6.07, 6.45) is 6.10. The van der Waals surface area contributed by atoms with Crippen molar-refractivity contribution in [1.29, 1.82) is 0 Å². The standard InChI is InChI=1S/C29H37N3O5/c1-5-31(28(34)37-29(2,3)4)21-16-23(17-21)36-26-15-20(19-9-11-22(33)12-10-19)14-25-24(26)18-30-32(25)27-8-6-7-13-35-27/h9-12,14-15,18,21,23,27,33H,5-8,13,16-17H2,1-4H3. The third-order valence-electron chi connectivity index (χ3n) is 7.08. The zero-order chi connectivity index (χ0) is 26.2. The summed E-state index contributed by atoms with van der Waals surface area (Å²) in [5, 5.41) is 15.4. The summed E-state index contributed by atoms with van der Waals surface area (Å²) in [6.45, 7) is 8.97. The molecule has 0 bridgehead atoms. The number of carbonyl (C=O) groups is 1. The van der Waals surface area contributed by atoms with E-state index in [1.54, 1.807) is 17.0 Å². The average molecular weight is 508 g/mol. The van der Waals surface area contributed by atoms with Crippen LogP contribution in [-0.4, -0.2) is 56.8 Å². The number of fused-ring (bicyclic) bond motifs is 1. The second-order valence-electron chi connectivity index (χ2n) is 11.0. The topological polar surface area (TPSA) is 86.0 Å². The number of phenolic OH excluding ortho intramolecular Hbond substituents is 1. The zero-order valence-corrected chi connectivity index (χ0v) is 22.1. The molecule has 2 aliphatic rings. The highest BCUT2D eigenvalue weighted by molar-refractivity contribution is 5.90. The van der Waals surface area contributed by atoms with Crippen LogP contribution in [-0.2, 0) is 9.47 Å². The lowest BCUT2D eigenvalue weighted by Gasteiger charge is -2.42. The minimum atomic E-state index is -0.521. The maximum Gasteiger partial charge on any atom is 0.410 e. The summed E-state index contributed by atoms with van der Waals surface area (Å²) >= 11 is 0. The number of hydrogen-bond acceptors (Lipinski definition) is 6. The summed E-state index contributed by atoms with van der Waals surface area (Å²) in [7, 11) is 0. The molecular formula is C29H37N3O5. The first kappa shape index (κ1) is 25.4. The molecule has 1 saturated carbocycles. The highest BCUT2D eigenvalue weighted by Crippen LogP contribution is 2.39. The number of nitrogens with zero attached hydrogens (tertiary/aromatic N) is 3. The van der Waals surface area contributed by atoms with Crippen molar-refractivity contribution >= 4 is 17.0 Å². The van der Waals surface area contributed by atoms with Crippen LogP contribution in [0.3, 0.4) is 0 Å². The molecule has 1 aliphatic carbocycles. The number of carbonyl (C=O) groups excluding carboxylic acids is 1. The second kappa shape index (κ2) is 10.2. The summed E-state index contributed by atoms with van der Waals surface area (Å²) in [6, 6.07) is 11.4. The average Bonchev–Trinajstić information content (AvgIpc) is 3.27. The van der Waals surface area contributed by atoms with Gasteiger partial charge in [-0.3, -0.25) is 0 Å². The van der Waals surface area contributed by atoms with Crippen molar-refractivity contribution in [2.24, 2.45) is 0 Å². The number of aromatic hydroxyl groups is 1. The van der Waals surface area contributed by atoms with Gasteiger partial charge in [0.15, 0.2) is 6.23 Å². The Hall–Kier alpha value is -3.26. The Kier molecular flexibility index (Phi) is 7.03. The van der Waals surface area contributed by atoms with Gasteiger partial charge in [-0.25, -0.2) is 9.48 Å². The Bertz CT molecular complexity index is 1230. The van der Waals surface area contributed by atoms with E-state index in [-0.39, 0.29) is 30.2 Å². The molecule has 1 aromatic heterocycles. The van der Waals surface area contributed by atoms with Crippen molar-refractivity contribution < 1.29 is 24.1 Å². The highest BCUT2D eigenvalue weighted by Gasteiger charge is 2.39. The third-order valence-corrected chi connectivity index (χ3v) is 7.08. The number of phenols is 1. The van der Waals surface area contributed by atoms with Crippen molar-refractivity contribution in [3.63, 3.8) is 0 Å². The fourth-order valence-corrected chi connectivity index (χ4v) is 5.10. The highest BCUT2D eigenvalue weighted by atomic mass is 16.6. The number of ether oxygens (including phenoxy) is 3. The van der Waals surface area contributed by atoms with Gasteiger partial charge in [-0.05, 0) is 82.3 Å². The molecule has 1 saturated heterocycles. The van der Waals surface area contributed by atoms with Crippen molar-refractivity contribution in [2.75, 3.05) is 13.2 Å². The Morgan fingerprint density at radius 1 is 1.16 bits per heavy atom. The van der Waals surface area contributed by atoms with Crippen molar-refractivity contribution in [3.05, 3.63) is 42.6 Å². The fourth-order valence-electron chi connectivity index (χ4n) is 5.10. The van der Waals surface area contributed by atoms with Gasteiger partial charge >= 0.3 is 6.09 Å². The van der Waals surface area contributed by atoms with Crippen LogP contribution in [0.5, 0.6) is 11.5 Å². The molecule has 2 aromatic carbocycles. The van der Waals surface area contributed by atoms with Crippen LogP contribution >= 0.6 is 0 Å². The maximum atomic E-state index is 12.7. The molecule has 0 radical (unpaired) electrons. The van der Waals surface area contributed by atoms with Crippen LogP contribution in [0.4, 0.5) is 4.79 Å². The molecule has 1 amide bonds. The molecule has 37 heavy (non-hydrogen) atoms. The molecule has 1 aliphatic heterocycles. The van der Waals surface area contributed by atoms with E-state index in [0.29, 0.717) is 6.54 Å². The van der Waals surface area contributed by atoms with Crippen LogP contribution in [0.25, 0.3) is 22.0 Å². The number of aromatic nitrogens is 2. The minimum Gasteiger partial charge on any atom is -0.508 e. The maximum absolute atomic E-state index is 12.7. The van der Waals surface area contributed by atoms with E-state index in [4.69, 9.17) is 19.3 Å². The molecule has 1 unspecified atom stereocenters. The van der Waals surface area contributed by atoms with Gasteiger partial charge in [-0.15, -0.1) is 0 Å². The van der Waals surface area contributed by atoms with Crippen LogP contribution in [0.1, 0.15) is 66.0 Å². The van der Waals surface area contributed by atoms with Crippen molar-refractivity contribution in [1.82, 2.24) is 14.7 Å². The predicted octanol–water partition coefficient (Wildman–Crippen LogP) is 6.27. The number of benzene rings is 2. The van der Waals surface area contributed by atoms with E-state index in [1.165, 1.54) is 0 Å². The number of rotatable bonds is 6. The Morgan fingerprint density at radius 3 is 2.57 bits per heavy atom. The molecular weight excluding hydrogens is 470 g/mol. The monoisotopic (exact) mass is 507 g/mol. The first-order chi connectivity index (χ1) is 17.7.